The second kappa shape index (κ2) is 7.11. The molecule has 1 N–H and O–H groups in total. The fraction of sp³-hybridized carbons (Fsp3) is 0.385. The van der Waals surface area contributed by atoms with Gasteiger partial charge in [0, 0.05) is 17.1 Å². The van der Waals surface area contributed by atoms with E-state index >= 15 is 0 Å². The predicted octanol–water partition coefficient (Wildman–Crippen LogP) is 2.80. The van der Waals surface area contributed by atoms with Gasteiger partial charge in [0.2, 0.25) is 12.2 Å². The van der Waals surface area contributed by atoms with E-state index in [4.69, 9.17) is 16.3 Å². The van der Waals surface area contributed by atoms with Crippen molar-refractivity contribution >= 4 is 11.6 Å². The second-order valence-electron chi connectivity index (χ2n) is 4.06. The van der Waals surface area contributed by atoms with Crippen molar-refractivity contribution in [3.8, 4) is 5.75 Å². The highest BCUT2D eigenvalue weighted by Gasteiger charge is 2.06. The molecule has 0 saturated heterocycles. The molecule has 0 aliphatic heterocycles. The van der Waals surface area contributed by atoms with Gasteiger partial charge in [-0.3, -0.25) is 0 Å². The molecule has 1 aromatic carbocycles. The van der Waals surface area contributed by atoms with E-state index in [9.17, 15) is 0 Å². The molecule has 0 amide bonds. The van der Waals surface area contributed by atoms with Crippen LogP contribution in [-0.2, 0) is 13.2 Å². The van der Waals surface area contributed by atoms with E-state index in [2.05, 4.69) is 26.9 Å². The molecule has 0 spiro atoms. The number of rotatable bonds is 7. The Balaban J connectivity index is 2.01. The minimum atomic E-state index is 0.277. The van der Waals surface area contributed by atoms with Gasteiger partial charge in [-0.25, -0.2) is 0 Å². The van der Waals surface area contributed by atoms with E-state index in [0.717, 1.165) is 30.8 Å². The Hall–Kier alpha value is -1.59. The summed E-state index contributed by atoms with van der Waals surface area (Å²) >= 11 is 6.01. The van der Waals surface area contributed by atoms with Crippen molar-refractivity contribution in [1.82, 2.24) is 15.5 Å². The summed E-state index contributed by atoms with van der Waals surface area (Å²) in [4.78, 5) is 3.91. The number of halogens is 1. The van der Waals surface area contributed by atoms with Gasteiger partial charge in [0.05, 0.1) is 0 Å². The first-order chi connectivity index (χ1) is 9.29. The van der Waals surface area contributed by atoms with Gasteiger partial charge in [0.25, 0.3) is 0 Å². The fourth-order valence-corrected chi connectivity index (χ4v) is 1.82. The van der Waals surface area contributed by atoms with Gasteiger partial charge in [0.1, 0.15) is 5.75 Å². The lowest BCUT2D eigenvalue weighted by atomic mass is 10.2. The highest BCUT2D eigenvalue weighted by atomic mass is 35.5. The van der Waals surface area contributed by atoms with Crippen molar-refractivity contribution in [3.05, 3.63) is 41.0 Å². The number of aromatic nitrogens is 2. The van der Waals surface area contributed by atoms with Crippen LogP contribution in [0.4, 0.5) is 0 Å². The second-order valence-corrected chi connectivity index (χ2v) is 4.50. The molecular formula is C13H16ClN3O2. The van der Waals surface area contributed by atoms with Gasteiger partial charge in [-0.1, -0.05) is 23.7 Å². The number of nitrogens with zero attached hydrogens (tertiary/aromatic N) is 2. The summed E-state index contributed by atoms with van der Waals surface area (Å²) in [5.74, 6) is 1.29. The molecule has 102 valence electrons. The lowest BCUT2D eigenvalue weighted by Gasteiger charge is -2.11. The molecule has 0 aliphatic carbocycles. The topological polar surface area (TPSA) is 60.2 Å². The van der Waals surface area contributed by atoms with Crippen LogP contribution in [-0.4, -0.2) is 16.7 Å². The number of hydrogen-bond acceptors (Lipinski definition) is 5. The zero-order valence-electron chi connectivity index (χ0n) is 10.7. The van der Waals surface area contributed by atoms with E-state index in [1.54, 1.807) is 6.07 Å². The molecule has 2 aromatic rings. The molecule has 0 saturated carbocycles. The fourth-order valence-electron chi connectivity index (χ4n) is 1.63. The van der Waals surface area contributed by atoms with E-state index in [0.29, 0.717) is 10.8 Å². The molecule has 0 fully saturated rings. The van der Waals surface area contributed by atoms with Gasteiger partial charge in [-0.05, 0) is 31.2 Å². The monoisotopic (exact) mass is 281 g/mol. The van der Waals surface area contributed by atoms with E-state index < -0.39 is 0 Å². The van der Waals surface area contributed by atoms with E-state index in [1.807, 2.05) is 12.1 Å². The third kappa shape index (κ3) is 4.22. The molecule has 2 rings (SSSR count). The van der Waals surface area contributed by atoms with Gasteiger partial charge >= 0.3 is 0 Å². The highest BCUT2D eigenvalue weighted by molar-refractivity contribution is 6.30. The number of hydrogen-bond donors (Lipinski definition) is 1. The van der Waals surface area contributed by atoms with Crippen molar-refractivity contribution in [2.24, 2.45) is 0 Å². The summed E-state index contributed by atoms with van der Waals surface area (Å²) in [6.07, 6.45) is 2.36. The number of nitrogens with one attached hydrogen (secondary N) is 1. The molecule has 19 heavy (non-hydrogen) atoms. The quantitative estimate of drug-likeness (QED) is 0.791. The summed E-state index contributed by atoms with van der Waals surface area (Å²) in [5.41, 5.74) is 1.02. The van der Waals surface area contributed by atoms with E-state index in [1.165, 1.54) is 6.39 Å². The largest absolute Gasteiger partial charge is 0.485 e. The molecule has 0 bridgehead atoms. The molecule has 1 aromatic heterocycles. The third-order valence-electron chi connectivity index (χ3n) is 2.53. The maximum atomic E-state index is 6.01. The first kappa shape index (κ1) is 13.8. The normalized spacial score (nSPS) is 10.6. The summed E-state index contributed by atoms with van der Waals surface area (Å²) in [7, 11) is 0. The van der Waals surface area contributed by atoms with Crippen molar-refractivity contribution < 1.29 is 9.26 Å². The molecule has 6 heteroatoms. The lowest BCUT2D eigenvalue weighted by Crippen LogP contribution is -2.14. The van der Waals surface area contributed by atoms with Gasteiger partial charge in [-0.15, -0.1) is 0 Å². The predicted molar refractivity (Wildman–Crippen MR) is 72.1 cm³/mol. The Bertz CT molecular complexity index is 503. The smallest absolute Gasteiger partial charge is 0.213 e. The molecule has 1 heterocycles. The van der Waals surface area contributed by atoms with Crippen molar-refractivity contribution in [3.63, 3.8) is 0 Å². The maximum absolute atomic E-state index is 6.01. The van der Waals surface area contributed by atoms with Crippen LogP contribution in [0.15, 0.2) is 29.1 Å². The van der Waals surface area contributed by atoms with Crippen LogP contribution in [0.1, 0.15) is 24.7 Å². The highest BCUT2D eigenvalue weighted by Crippen LogP contribution is 2.23. The molecular weight excluding hydrogens is 266 g/mol. The number of ether oxygens (including phenoxy) is 1. The molecule has 0 atom stereocenters. The Morgan fingerprint density at radius 3 is 3.05 bits per heavy atom. The Morgan fingerprint density at radius 1 is 1.42 bits per heavy atom. The Morgan fingerprint density at radius 2 is 2.32 bits per heavy atom. The Kier molecular flexibility index (Phi) is 5.18. The summed E-state index contributed by atoms with van der Waals surface area (Å²) < 4.78 is 10.3. The summed E-state index contributed by atoms with van der Waals surface area (Å²) in [6, 6.07) is 5.55. The number of benzene rings is 1. The van der Waals surface area contributed by atoms with E-state index in [-0.39, 0.29) is 6.61 Å². The summed E-state index contributed by atoms with van der Waals surface area (Å²) in [5, 5.41) is 7.72. The SMILES string of the molecule is CCCNCc1cc(Cl)ccc1OCc1ncon1. The molecule has 0 aliphatic rings. The standard InChI is InChI=1S/C13H16ClN3O2/c1-2-5-15-7-10-6-11(14)3-4-12(10)18-8-13-16-9-19-17-13/h3-4,6,9,15H,2,5,7-8H2,1H3. The first-order valence-corrected chi connectivity index (χ1v) is 6.54. The van der Waals surface area contributed by atoms with Crippen molar-refractivity contribution in [2.75, 3.05) is 6.54 Å². The lowest BCUT2D eigenvalue weighted by molar-refractivity contribution is 0.283. The van der Waals surface area contributed by atoms with Crippen LogP contribution >= 0.6 is 11.6 Å². The average Bonchev–Trinajstić information content (AvgIpc) is 2.91. The van der Waals surface area contributed by atoms with Crippen LogP contribution in [0.3, 0.4) is 0 Å². The van der Waals surface area contributed by atoms with Crippen LogP contribution in [0.5, 0.6) is 5.75 Å². The Labute approximate surface area is 116 Å². The van der Waals surface area contributed by atoms with Crippen molar-refractivity contribution in [2.45, 2.75) is 26.5 Å². The van der Waals surface area contributed by atoms with Crippen LogP contribution in [0.25, 0.3) is 0 Å². The van der Waals surface area contributed by atoms with Gasteiger partial charge < -0.3 is 14.6 Å². The summed E-state index contributed by atoms with van der Waals surface area (Å²) in [6.45, 7) is 4.07. The molecule has 0 radical (unpaired) electrons. The van der Waals surface area contributed by atoms with Crippen LogP contribution in [0, 0.1) is 0 Å². The van der Waals surface area contributed by atoms with Gasteiger partial charge in [0.15, 0.2) is 6.61 Å². The molecule has 5 nitrogen and oxygen atoms in total. The van der Waals surface area contributed by atoms with Crippen LogP contribution in [0.2, 0.25) is 5.02 Å². The van der Waals surface area contributed by atoms with Crippen molar-refractivity contribution in [1.29, 1.82) is 0 Å². The zero-order chi connectivity index (χ0) is 13.5. The first-order valence-electron chi connectivity index (χ1n) is 6.16. The molecule has 0 unspecified atom stereocenters. The third-order valence-corrected chi connectivity index (χ3v) is 2.76. The zero-order valence-corrected chi connectivity index (χ0v) is 11.5. The minimum Gasteiger partial charge on any atom is -0.485 e. The average molecular weight is 282 g/mol. The van der Waals surface area contributed by atoms with Gasteiger partial charge in [-0.2, -0.15) is 4.98 Å². The van der Waals surface area contributed by atoms with Crippen LogP contribution < -0.4 is 10.1 Å². The minimum absolute atomic E-state index is 0.277. The maximum Gasteiger partial charge on any atom is 0.213 e.